The minimum atomic E-state index is -0.809. The Bertz CT molecular complexity index is 510. The minimum absolute atomic E-state index is 0.114. The average Bonchev–Trinajstić information content (AvgIpc) is 2.51. The molecule has 23 heavy (non-hydrogen) atoms. The van der Waals surface area contributed by atoms with Crippen molar-refractivity contribution in [3.8, 4) is 0 Å². The zero-order valence-corrected chi connectivity index (χ0v) is 14.8. The van der Waals surface area contributed by atoms with Crippen molar-refractivity contribution in [2.24, 2.45) is 5.73 Å². The van der Waals surface area contributed by atoms with Crippen LogP contribution < -0.4 is 11.1 Å². The molecule has 1 fully saturated rings. The molecule has 1 amide bonds. The van der Waals surface area contributed by atoms with Crippen LogP contribution in [0.2, 0.25) is 0 Å². The normalized spacial score (nSPS) is 21.7. The summed E-state index contributed by atoms with van der Waals surface area (Å²) in [7, 11) is 0. The smallest absolute Gasteiger partial charge is 0.244 e. The predicted octanol–water partition coefficient (Wildman–Crippen LogP) is 3.52. The quantitative estimate of drug-likeness (QED) is 0.844. The van der Waals surface area contributed by atoms with E-state index in [9.17, 15) is 4.79 Å². The van der Waals surface area contributed by atoms with E-state index >= 15 is 0 Å². The van der Waals surface area contributed by atoms with Crippen molar-refractivity contribution in [2.45, 2.75) is 71.0 Å². The highest BCUT2D eigenvalue weighted by Gasteiger charge is 2.27. The molecule has 3 N–H and O–H groups in total. The molecule has 128 valence electrons. The molecule has 1 aliphatic heterocycles. The molecule has 1 aromatic carbocycles. The van der Waals surface area contributed by atoms with E-state index in [1.807, 2.05) is 19.1 Å². The first-order chi connectivity index (χ1) is 10.9. The fraction of sp³-hybridized carbons (Fsp3) is 0.632. The second-order valence-corrected chi connectivity index (χ2v) is 7.13. The number of rotatable bonds is 6. The van der Waals surface area contributed by atoms with Gasteiger partial charge in [-0.05, 0) is 57.4 Å². The number of piperidine rings is 1. The molecular weight excluding hydrogens is 286 g/mol. The third-order valence-electron chi connectivity index (χ3n) is 4.83. The van der Waals surface area contributed by atoms with Crippen molar-refractivity contribution < 1.29 is 4.79 Å². The van der Waals surface area contributed by atoms with Crippen molar-refractivity contribution in [2.75, 3.05) is 11.9 Å². The summed E-state index contributed by atoms with van der Waals surface area (Å²) in [5.41, 5.74) is 7.37. The molecule has 0 radical (unpaired) electrons. The Morgan fingerprint density at radius 3 is 2.65 bits per heavy atom. The summed E-state index contributed by atoms with van der Waals surface area (Å²) in [6.07, 6.45) is 5.51. The van der Waals surface area contributed by atoms with Gasteiger partial charge in [0, 0.05) is 18.3 Å². The first-order valence-electron chi connectivity index (χ1n) is 8.85. The van der Waals surface area contributed by atoms with Gasteiger partial charge >= 0.3 is 0 Å². The number of carbonyl (C=O) groups is 1. The van der Waals surface area contributed by atoms with E-state index in [0.29, 0.717) is 12.5 Å². The first-order valence-corrected chi connectivity index (χ1v) is 8.85. The maximum Gasteiger partial charge on any atom is 0.244 e. The SMILES string of the molecule is CCCC(C)(N)C(=O)Nc1ccc(CN2CCCCC2C)cc1. The maximum absolute atomic E-state index is 12.2. The van der Waals surface area contributed by atoms with Gasteiger partial charge in [0.25, 0.3) is 0 Å². The van der Waals surface area contributed by atoms with E-state index < -0.39 is 5.54 Å². The molecule has 1 aliphatic rings. The molecular formula is C19H31N3O. The lowest BCUT2D eigenvalue weighted by Crippen LogP contribution is -2.48. The Kier molecular flexibility index (Phi) is 6.19. The summed E-state index contributed by atoms with van der Waals surface area (Å²) in [5.74, 6) is -0.114. The third kappa shape index (κ3) is 5.05. The highest BCUT2D eigenvalue weighted by molar-refractivity contribution is 5.97. The van der Waals surface area contributed by atoms with Crippen LogP contribution >= 0.6 is 0 Å². The molecule has 4 heteroatoms. The van der Waals surface area contributed by atoms with E-state index in [4.69, 9.17) is 5.73 Å². The second kappa shape index (κ2) is 7.93. The highest BCUT2D eigenvalue weighted by Crippen LogP contribution is 2.20. The lowest BCUT2D eigenvalue weighted by Gasteiger charge is -2.33. The number of likely N-dealkylation sites (tertiary alicyclic amines) is 1. The Balaban J connectivity index is 1.93. The van der Waals surface area contributed by atoms with Crippen LogP contribution in [-0.4, -0.2) is 28.9 Å². The maximum atomic E-state index is 12.2. The average molecular weight is 317 g/mol. The number of amides is 1. The van der Waals surface area contributed by atoms with E-state index in [0.717, 1.165) is 18.7 Å². The van der Waals surface area contributed by atoms with Gasteiger partial charge in [-0.1, -0.05) is 31.9 Å². The van der Waals surface area contributed by atoms with Crippen molar-refractivity contribution >= 4 is 11.6 Å². The van der Waals surface area contributed by atoms with Crippen LogP contribution in [-0.2, 0) is 11.3 Å². The Labute approximate surface area is 140 Å². The molecule has 0 spiro atoms. The lowest BCUT2D eigenvalue weighted by atomic mass is 9.96. The van der Waals surface area contributed by atoms with Crippen LogP contribution in [0.25, 0.3) is 0 Å². The monoisotopic (exact) mass is 317 g/mol. The molecule has 0 bridgehead atoms. The van der Waals surface area contributed by atoms with E-state index in [-0.39, 0.29) is 5.91 Å². The standard InChI is InChI=1S/C19H31N3O/c1-4-12-19(3,20)18(23)21-17-10-8-16(9-11-17)14-22-13-6-5-7-15(22)2/h8-11,15H,4-7,12-14,20H2,1-3H3,(H,21,23). The van der Waals surface area contributed by atoms with Crippen molar-refractivity contribution in [1.82, 2.24) is 4.90 Å². The van der Waals surface area contributed by atoms with Crippen LogP contribution in [0.15, 0.2) is 24.3 Å². The van der Waals surface area contributed by atoms with Gasteiger partial charge in [-0.15, -0.1) is 0 Å². The molecule has 0 aromatic heterocycles. The fourth-order valence-corrected chi connectivity index (χ4v) is 3.23. The molecule has 1 saturated heterocycles. The number of carbonyl (C=O) groups excluding carboxylic acids is 1. The third-order valence-corrected chi connectivity index (χ3v) is 4.83. The summed E-state index contributed by atoms with van der Waals surface area (Å²) in [6.45, 7) is 8.30. The lowest BCUT2D eigenvalue weighted by molar-refractivity contribution is -0.120. The van der Waals surface area contributed by atoms with E-state index in [1.54, 1.807) is 6.92 Å². The molecule has 1 aromatic rings. The minimum Gasteiger partial charge on any atom is -0.325 e. The Morgan fingerprint density at radius 1 is 1.35 bits per heavy atom. The van der Waals surface area contributed by atoms with Crippen LogP contribution in [0.3, 0.4) is 0 Å². The summed E-state index contributed by atoms with van der Waals surface area (Å²) in [6, 6.07) is 8.82. The molecule has 1 heterocycles. The molecule has 4 nitrogen and oxygen atoms in total. The summed E-state index contributed by atoms with van der Waals surface area (Å²) >= 11 is 0. The van der Waals surface area contributed by atoms with Gasteiger partial charge in [0.2, 0.25) is 5.91 Å². The van der Waals surface area contributed by atoms with Gasteiger partial charge in [-0.3, -0.25) is 9.69 Å². The second-order valence-electron chi connectivity index (χ2n) is 7.13. The Hall–Kier alpha value is -1.39. The topological polar surface area (TPSA) is 58.4 Å². The highest BCUT2D eigenvalue weighted by atomic mass is 16.2. The largest absolute Gasteiger partial charge is 0.325 e. The number of nitrogens with one attached hydrogen (secondary N) is 1. The molecule has 2 atom stereocenters. The van der Waals surface area contributed by atoms with Crippen LogP contribution in [0.1, 0.15) is 58.4 Å². The molecule has 2 rings (SSSR count). The summed E-state index contributed by atoms with van der Waals surface area (Å²) < 4.78 is 0. The van der Waals surface area contributed by atoms with Crippen LogP contribution in [0, 0.1) is 0 Å². The molecule has 2 unspecified atom stereocenters. The number of benzene rings is 1. The fourth-order valence-electron chi connectivity index (χ4n) is 3.23. The predicted molar refractivity (Wildman–Crippen MR) is 96.3 cm³/mol. The summed E-state index contributed by atoms with van der Waals surface area (Å²) in [5, 5.41) is 2.93. The van der Waals surface area contributed by atoms with Crippen LogP contribution in [0.4, 0.5) is 5.69 Å². The Morgan fingerprint density at radius 2 is 2.04 bits per heavy atom. The number of anilines is 1. The zero-order valence-electron chi connectivity index (χ0n) is 14.8. The van der Waals surface area contributed by atoms with Crippen molar-refractivity contribution in [1.29, 1.82) is 0 Å². The van der Waals surface area contributed by atoms with E-state index in [2.05, 4.69) is 29.3 Å². The van der Waals surface area contributed by atoms with Gasteiger partial charge in [-0.25, -0.2) is 0 Å². The molecule has 0 saturated carbocycles. The van der Waals surface area contributed by atoms with Crippen LogP contribution in [0.5, 0.6) is 0 Å². The van der Waals surface area contributed by atoms with Gasteiger partial charge in [-0.2, -0.15) is 0 Å². The number of nitrogens with two attached hydrogens (primary N) is 1. The van der Waals surface area contributed by atoms with Gasteiger partial charge in [0.15, 0.2) is 0 Å². The van der Waals surface area contributed by atoms with Gasteiger partial charge in [0.1, 0.15) is 0 Å². The van der Waals surface area contributed by atoms with E-state index in [1.165, 1.54) is 31.4 Å². The van der Waals surface area contributed by atoms with Gasteiger partial charge in [0.05, 0.1) is 5.54 Å². The number of hydrogen-bond acceptors (Lipinski definition) is 3. The molecule has 0 aliphatic carbocycles. The number of nitrogens with zero attached hydrogens (tertiary/aromatic N) is 1. The first kappa shape index (κ1) is 18.0. The zero-order chi connectivity index (χ0) is 16.9. The van der Waals surface area contributed by atoms with Crippen molar-refractivity contribution in [3.05, 3.63) is 29.8 Å². The summed E-state index contributed by atoms with van der Waals surface area (Å²) in [4.78, 5) is 14.8. The van der Waals surface area contributed by atoms with Crippen molar-refractivity contribution in [3.63, 3.8) is 0 Å². The van der Waals surface area contributed by atoms with Gasteiger partial charge < -0.3 is 11.1 Å². The number of hydrogen-bond donors (Lipinski definition) is 2.